The van der Waals surface area contributed by atoms with Crippen LogP contribution in [0.5, 0.6) is 0 Å². The van der Waals surface area contributed by atoms with E-state index in [1.165, 1.54) is 6.92 Å². The quantitative estimate of drug-likeness (QED) is 0.135. The van der Waals surface area contributed by atoms with Crippen LogP contribution in [0.4, 0.5) is 0 Å². The van der Waals surface area contributed by atoms with Gasteiger partial charge in [-0.05, 0) is 20.8 Å². The molecule has 0 fully saturated rings. The predicted octanol–water partition coefficient (Wildman–Crippen LogP) is -2.85. The molecule has 0 saturated carbocycles. The van der Waals surface area contributed by atoms with Gasteiger partial charge in [0.2, 0.25) is 6.29 Å². The van der Waals surface area contributed by atoms with Crippen molar-refractivity contribution in [2.24, 2.45) is 0 Å². The van der Waals surface area contributed by atoms with E-state index in [2.05, 4.69) is 0 Å². The molecule has 12 heteroatoms. The summed E-state index contributed by atoms with van der Waals surface area (Å²) < 4.78 is 20.8. The topological polar surface area (TPSA) is 186 Å². The monoisotopic (exact) mass is 438 g/mol. The van der Waals surface area contributed by atoms with E-state index in [0.717, 1.165) is 21.0 Å². The molecule has 0 heterocycles. The molecule has 0 bridgehead atoms. The van der Waals surface area contributed by atoms with Crippen molar-refractivity contribution in [1.29, 1.82) is 0 Å². The molecule has 0 aliphatic carbocycles. The molecule has 0 amide bonds. The fourth-order valence-electron chi connectivity index (χ4n) is 2.64. The van der Waals surface area contributed by atoms with E-state index in [4.69, 9.17) is 18.9 Å². The predicted molar refractivity (Wildman–Crippen MR) is 98.3 cm³/mol. The lowest BCUT2D eigenvalue weighted by Crippen LogP contribution is -2.56. The molecule has 4 N–H and O–H groups in total. The molecule has 0 saturated heterocycles. The largest absolute Gasteiger partial charge is 0.394 e. The van der Waals surface area contributed by atoms with Crippen LogP contribution in [-0.2, 0) is 38.1 Å². The molecular weight excluding hydrogens is 408 g/mol. The van der Waals surface area contributed by atoms with Gasteiger partial charge in [0.1, 0.15) is 48.0 Å². The Labute approximate surface area is 173 Å². The first-order chi connectivity index (χ1) is 14.0. The van der Waals surface area contributed by atoms with Crippen LogP contribution < -0.4 is 0 Å². The van der Waals surface area contributed by atoms with Gasteiger partial charge >= 0.3 is 0 Å². The van der Waals surface area contributed by atoms with Gasteiger partial charge in [-0.2, -0.15) is 0 Å². The first-order valence-corrected chi connectivity index (χ1v) is 8.96. The molecule has 0 rings (SSSR count). The molecule has 0 spiro atoms. The van der Waals surface area contributed by atoms with E-state index in [9.17, 15) is 39.6 Å². The Bertz CT molecular complexity index is 549. The lowest BCUT2D eigenvalue weighted by Gasteiger charge is -2.37. The molecule has 0 aliphatic rings. The van der Waals surface area contributed by atoms with Crippen LogP contribution in [0, 0.1) is 0 Å². The zero-order valence-electron chi connectivity index (χ0n) is 17.2. The van der Waals surface area contributed by atoms with Crippen molar-refractivity contribution in [3.63, 3.8) is 0 Å². The Morgan fingerprint density at radius 2 is 1.27 bits per heavy atom. The fraction of sp³-hybridized carbons (Fsp3) is 0.778. The number of carbonyl (C=O) groups excluding carboxylic acids is 4. The number of hydrogen-bond acceptors (Lipinski definition) is 12. The van der Waals surface area contributed by atoms with Gasteiger partial charge < -0.3 is 53.8 Å². The van der Waals surface area contributed by atoms with Gasteiger partial charge in [0, 0.05) is 7.11 Å². The van der Waals surface area contributed by atoms with Crippen molar-refractivity contribution in [3.05, 3.63) is 0 Å². The van der Waals surface area contributed by atoms with Crippen molar-refractivity contribution < 1.29 is 58.6 Å². The number of aliphatic hydroxyl groups excluding tert-OH is 2. The van der Waals surface area contributed by atoms with E-state index in [1.54, 1.807) is 0 Å². The summed E-state index contributed by atoms with van der Waals surface area (Å²) in [5.74, 6) is 0. The van der Waals surface area contributed by atoms with Gasteiger partial charge in [-0.1, -0.05) is 0 Å². The highest BCUT2D eigenvalue weighted by molar-refractivity contribution is 5.63. The van der Waals surface area contributed by atoms with Crippen LogP contribution in [0.25, 0.3) is 0 Å². The molecule has 0 aromatic carbocycles. The Morgan fingerprint density at radius 1 is 0.800 bits per heavy atom. The maximum atomic E-state index is 11.5. The SMILES string of the molecule is COC(C(CO)OC(C=O)OC(C(CO)OC(C)C=O)C(C)(O)C=O)C(C)(O)C=O. The highest BCUT2D eigenvalue weighted by Gasteiger charge is 2.44. The summed E-state index contributed by atoms with van der Waals surface area (Å²) in [6.45, 7) is 1.83. The Morgan fingerprint density at radius 3 is 1.63 bits per heavy atom. The molecule has 0 radical (unpaired) electrons. The zero-order valence-corrected chi connectivity index (χ0v) is 17.2. The van der Waals surface area contributed by atoms with E-state index in [0.29, 0.717) is 6.29 Å². The van der Waals surface area contributed by atoms with Crippen LogP contribution in [0.1, 0.15) is 20.8 Å². The molecule has 0 aromatic rings. The van der Waals surface area contributed by atoms with Crippen LogP contribution in [0.3, 0.4) is 0 Å². The van der Waals surface area contributed by atoms with Crippen molar-refractivity contribution in [3.8, 4) is 0 Å². The number of methoxy groups -OCH3 is 1. The third-order valence-electron chi connectivity index (χ3n) is 4.20. The second kappa shape index (κ2) is 12.9. The summed E-state index contributed by atoms with van der Waals surface area (Å²) in [5.41, 5.74) is -4.39. The maximum absolute atomic E-state index is 11.5. The van der Waals surface area contributed by atoms with Crippen molar-refractivity contribution in [2.45, 2.75) is 68.8 Å². The number of hydrogen-bond donors (Lipinski definition) is 4. The van der Waals surface area contributed by atoms with Gasteiger partial charge in [-0.15, -0.1) is 0 Å². The average Bonchev–Trinajstić information content (AvgIpc) is 2.73. The normalized spacial score (nSPS) is 21.7. The van der Waals surface area contributed by atoms with E-state index >= 15 is 0 Å². The minimum atomic E-state index is -2.29. The third-order valence-corrected chi connectivity index (χ3v) is 4.20. The fourth-order valence-corrected chi connectivity index (χ4v) is 2.64. The lowest BCUT2D eigenvalue weighted by atomic mass is 9.95. The Kier molecular flexibility index (Phi) is 12.2. The van der Waals surface area contributed by atoms with E-state index in [1.807, 2.05) is 0 Å². The molecule has 30 heavy (non-hydrogen) atoms. The molecule has 8 unspecified atom stereocenters. The molecule has 0 aromatic heterocycles. The minimum absolute atomic E-state index is 0.0792. The smallest absolute Gasteiger partial charge is 0.215 e. The van der Waals surface area contributed by atoms with E-state index < -0.39 is 61.2 Å². The summed E-state index contributed by atoms with van der Waals surface area (Å²) in [6.07, 6.45) is -8.15. The number of carbonyl (C=O) groups is 4. The van der Waals surface area contributed by atoms with Gasteiger partial charge in [0.25, 0.3) is 0 Å². The average molecular weight is 438 g/mol. The van der Waals surface area contributed by atoms with Crippen molar-refractivity contribution >= 4 is 25.1 Å². The van der Waals surface area contributed by atoms with Crippen LogP contribution in [0.2, 0.25) is 0 Å². The number of rotatable bonds is 17. The molecule has 8 atom stereocenters. The molecule has 12 nitrogen and oxygen atoms in total. The Hall–Kier alpha value is -1.64. The zero-order chi connectivity index (χ0) is 23.5. The summed E-state index contributed by atoms with van der Waals surface area (Å²) in [7, 11) is 1.13. The minimum Gasteiger partial charge on any atom is -0.394 e. The standard InChI is InChI=1S/C18H30O12/c1-11(5-19)28-13(7-21)16(18(3,26)10-24)30-14(8-22)29-12(6-20)15(27-4)17(2,25)9-23/h5,8-16,20-21,25-26H,6-7H2,1-4H3. The van der Waals surface area contributed by atoms with Crippen LogP contribution in [-0.4, -0.2) is 114 Å². The van der Waals surface area contributed by atoms with Gasteiger partial charge in [-0.25, -0.2) is 0 Å². The molecule has 0 aliphatic heterocycles. The van der Waals surface area contributed by atoms with E-state index in [-0.39, 0.29) is 18.9 Å². The molecular formula is C18H30O12. The second-order valence-corrected chi connectivity index (χ2v) is 6.96. The lowest BCUT2D eigenvalue weighted by molar-refractivity contribution is -0.260. The van der Waals surface area contributed by atoms with Gasteiger partial charge in [-0.3, -0.25) is 4.79 Å². The highest BCUT2D eigenvalue weighted by atomic mass is 16.7. The number of ether oxygens (including phenoxy) is 4. The summed E-state index contributed by atoms with van der Waals surface area (Å²) in [5, 5.41) is 39.5. The van der Waals surface area contributed by atoms with Crippen molar-refractivity contribution in [1.82, 2.24) is 0 Å². The number of aliphatic hydroxyl groups is 4. The number of aldehydes is 4. The van der Waals surface area contributed by atoms with Crippen LogP contribution >= 0.6 is 0 Å². The summed E-state index contributed by atoms with van der Waals surface area (Å²) >= 11 is 0. The summed E-state index contributed by atoms with van der Waals surface area (Å²) in [6, 6.07) is 0. The molecule has 174 valence electrons. The first-order valence-electron chi connectivity index (χ1n) is 8.96. The first kappa shape index (κ1) is 28.4. The van der Waals surface area contributed by atoms with Gasteiger partial charge in [0.15, 0.2) is 18.9 Å². The highest BCUT2D eigenvalue weighted by Crippen LogP contribution is 2.23. The van der Waals surface area contributed by atoms with Gasteiger partial charge in [0.05, 0.1) is 13.2 Å². The van der Waals surface area contributed by atoms with Crippen molar-refractivity contribution in [2.75, 3.05) is 20.3 Å². The third kappa shape index (κ3) is 7.89. The maximum Gasteiger partial charge on any atom is 0.215 e. The Balaban J connectivity index is 5.75. The van der Waals surface area contributed by atoms with Crippen LogP contribution in [0.15, 0.2) is 0 Å². The summed E-state index contributed by atoms with van der Waals surface area (Å²) in [4.78, 5) is 44.7. The second-order valence-electron chi connectivity index (χ2n) is 6.96.